The average Bonchev–Trinajstić information content (AvgIpc) is 3.30. The number of amides is 2. The second-order valence-corrected chi connectivity index (χ2v) is 8.17. The quantitative estimate of drug-likeness (QED) is 0.536. The van der Waals surface area contributed by atoms with E-state index < -0.39 is 0 Å². The first-order valence-corrected chi connectivity index (χ1v) is 10.8. The highest BCUT2D eigenvalue weighted by atomic mass is 16.5. The molecule has 2 amide bonds. The Morgan fingerprint density at radius 3 is 2.36 bits per heavy atom. The Balaban J connectivity index is 1.65. The summed E-state index contributed by atoms with van der Waals surface area (Å²) < 4.78 is 10.7. The Morgan fingerprint density at radius 2 is 1.73 bits per heavy atom. The number of aryl methyl sites for hydroxylation is 2. The molecule has 1 heterocycles. The zero-order valence-electron chi connectivity index (χ0n) is 19.8. The number of hydrogen-bond donors (Lipinski definition) is 1. The SMILES string of the molecule is COc1c(C)cc(CN(C)CC(=O)N(C)c2ccccc2C(=O)NCc2ccco2)cc1C. The van der Waals surface area contributed by atoms with E-state index in [1.54, 1.807) is 50.8 Å². The van der Waals surface area contributed by atoms with Gasteiger partial charge in [-0.25, -0.2) is 0 Å². The molecule has 0 aliphatic carbocycles. The van der Waals surface area contributed by atoms with Crippen molar-refractivity contribution in [3.8, 4) is 5.75 Å². The number of para-hydroxylation sites is 1. The van der Waals surface area contributed by atoms with E-state index in [-0.39, 0.29) is 24.9 Å². The predicted octanol–water partition coefficient (Wildman–Crippen LogP) is 3.93. The van der Waals surface area contributed by atoms with Gasteiger partial charge in [0.1, 0.15) is 11.5 Å². The molecule has 7 heteroatoms. The lowest BCUT2D eigenvalue weighted by Gasteiger charge is -2.24. The molecule has 0 aliphatic rings. The van der Waals surface area contributed by atoms with Gasteiger partial charge in [0.15, 0.2) is 0 Å². The second kappa shape index (κ2) is 10.8. The first-order chi connectivity index (χ1) is 15.8. The van der Waals surface area contributed by atoms with Crippen LogP contribution < -0.4 is 15.0 Å². The largest absolute Gasteiger partial charge is 0.496 e. The summed E-state index contributed by atoms with van der Waals surface area (Å²) in [5, 5.41) is 2.84. The molecule has 0 atom stereocenters. The van der Waals surface area contributed by atoms with Crippen LogP contribution >= 0.6 is 0 Å². The molecule has 0 saturated heterocycles. The number of methoxy groups -OCH3 is 1. The summed E-state index contributed by atoms with van der Waals surface area (Å²) in [5.74, 6) is 1.18. The van der Waals surface area contributed by atoms with Gasteiger partial charge in [-0.1, -0.05) is 24.3 Å². The Bertz CT molecular complexity index is 1090. The van der Waals surface area contributed by atoms with E-state index >= 15 is 0 Å². The highest BCUT2D eigenvalue weighted by molar-refractivity contribution is 6.04. The van der Waals surface area contributed by atoms with Crippen LogP contribution in [0.2, 0.25) is 0 Å². The van der Waals surface area contributed by atoms with Crippen molar-refractivity contribution >= 4 is 17.5 Å². The maximum atomic E-state index is 13.0. The molecule has 0 unspecified atom stereocenters. The van der Waals surface area contributed by atoms with Gasteiger partial charge in [0.05, 0.1) is 37.7 Å². The predicted molar refractivity (Wildman–Crippen MR) is 129 cm³/mol. The van der Waals surface area contributed by atoms with Crippen molar-refractivity contribution in [3.05, 3.63) is 82.8 Å². The average molecular weight is 450 g/mol. The molecule has 3 aromatic rings. The fourth-order valence-electron chi connectivity index (χ4n) is 3.93. The molecule has 0 bridgehead atoms. The van der Waals surface area contributed by atoms with Crippen molar-refractivity contribution in [1.82, 2.24) is 10.2 Å². The summed E-state index contributed by atoms with van der Waals surface area (Å²) in [7, 11) is 5.27. The Kier molecular flexibility index (Phi) is 7.90. The number of carbonyl (C=O) groups is 2. The van der Waals surface area contributed by atoms with E-state index in [4.69, 9.17) is 9.15 Å². The third kappa shape index (κ3) is 6.02. The number of nitrogens with one attached hydrogen (secondary N) is 1. The van der Waals surface area contributed by atoms with Gasteiger partial charge >= 0.3 is 0 Å². The van der Waals surface area contributed by atoms with Crippen molar-refractivity contribution in [1.29, 1.82) is 0 Å². The maximum absolute atomic E-state index is 13.0. The molecule has 0 spiro atoms. The number of hydrogen-bond acceptors (Lipinski definition) is 5. The number of anilines is 1. The molecule has 174 valence electrons. The van der Waals surface area contributed by atoms with Gasteiger partial charge < -0.3 is 19.4 Å². The van der Waals surface area contributed by atoms with Gasteiger partial charge in [0, 0.05) is 13.6 Å². The lowest BCUT2D eigenvalue weighted by atomic mass is 10.1. The highest BCUT2D eigenvalue weighted by Crippen LogP contribution is 2.25. The molecule has 1 N–H and O–H groups in total. The monoisotopic (exact) mass is 449 g/mol. The van der Waals surface area contributed by atoms with Crippen LogP contribution in [-0.2, 0) is 17.9 Å². The van der Waals surface area contributed by atoms with E-state index in [9.17, 15) is 9.59 Å². The van der Waals surface area contributed by atoms with Crippen LogP contribution in [0.25, 0.3) is 0 Å². The van der Waals surface area contributed by atoms with Crippen molar-refractivity contribution < 1.29 is 18.7 Å². The molecular weight excluding hydrogens is 418 g/mol. The molecule has 0 aliphatic heterocycles. The number of carbonyl (C=O) groups excluding carboxylic acids is 2. The molecular formula is C26H31N3O4. The van der Waals surface area contributed by atoms with Crippen LogP contribution in [0.15, 0.2) is 59.2 Å². The van der Waals surface area contributed by atoms with Crippen LogP contribution in [0, 0.1) is 13.8 Å². The summed E-state index contributed by atoms with van der Waals surface area (Å²) >= 11 is 0. The number of nitrogens with zero attached hydrogens (tertiary/aromatic N) is 2. The summed E-state index contributed by atoms with van der Waals surface area (Å²) in [5.41, 5.74) is 4.24. The summed E-state index contributed by atoms with van der Waals surface area (Å²) in [4.78, 5) is 29.3. The molecule has 1 aromatic heterocycles. The van der Waals surface area contributed by atoms with Gasteiger partial charge in [0.2, 0.25) is 5.91 Å². The van der Waals surface area contributed by atoms with Crippen molar-refractivity contribution in [3.63, 3.8) is 0 Å². The minimum absolute atomic E-state index is 0.106. The van der Waals surface area contributed by atoms with Crippen molar-refractivity contribution in [2.24, 2.45) is 0 Å². The highest BCUT2D eigenvalue weighted by Gasteiger charge is 2.20. The number of furan rings is 1. The van der Waals surface area contributed by atoms with Gasteiger partial charge in [-0.05, 0) is 61.9 Å². The second-order valence-electron chi connectivity index (χ2n) is 8.17. The summed E-state index contributed by atoms with van der Waals surface area (Å²) in [6.45, 7) is 5.14. The zero-order chi connectivity index (χ0) is 24.0. The van der Waals surface area contributed by atoms with Gasteiger partial charge in [0.25, 0.3) is 5.91 Å². The van der Waals surface area contributed by atoms with Crippen LogP contribution in [0.1, 0.15) is 32.8 Å². The Morgan fingerprint density at radius 1 is 1.03 bits per heavy atom. The number of ether oxygens (including phenoxy) is 1. The van der Waals surface area contributed by atoms with E-state index in [1.807, 2.05) is 31.9 Å². The van der Waals surface area contributed by atoms with Crippen molar-refractivity contribution in [2.45, 2.75) is 26.9 Å². The molecule has 0 saturated carbocycles. The molecule has 3 rings (SSSR count). The number of benzene rings is 2. The minimum atomic E-state index is -0.265. The number of likely N-dealkylation sites (N-methyl/N-ethyl adjacent to an activating group) is 2. The van der Waals surface area contributed by atoms with Gasteiger partial charge in [-0.15, -0.1) is 0 Å². The van der Waals surface area contributed by atoms with Gasteiger partial charge in [-0.2, -0.15) is 0 Å². The van der Waals surface area contributed by atoms with Crippen LogP contribution in [0.5, 0.6) is 5.75 Å². The van der Waals surface area contributed by atoms with E-state index in [2.05, 4.69) is 17.4 Å². The summed E-state index contributed by atoms with van der Waals surface area (Å²) in [6, 6.07) is 14.8. The van der Waals surface area contributed by atoms with Crippen LogP contribution in [0.3, 0.4) is 0 Å². The van der Waals surface area contributed by atoms with Crippen molar-refractivity contribution in [2.75, 3.05) is 32.6 Å². The maximum Gasteiger partial charge on any atom is 0.253 e. The molecule has 0 radical (unpaired) electrons. The topological polar surface area (TPSA) is 75.0 Å². The van der Waals surface area contributed by atoms with E-state index in [0.29, 0.717) is 23.6 Å². The minimum Gasteiger partial charge on any atom is -0.496 e. The first-order valence-electron chi connectivity index (χ1n) is 10.8. The van der Waals surface area contributed by atoms with Crippen LogP contribution in [-0.4, -0.2) is 44.5 Å². The molecule has 7 nitrogen and oxygen atoms in total. The van der Waals surface area contributed by atoms with Gasteiger partial charge in [-0.3, -0.25) is 14.5 Å². The smallest absolute Gasteiger partial charge is 0.253 e. The zero-order valence-corrected chi connectivity index (χ0v) is 19.8. The lowest BCUT2D eigenvalue weighted by Crippen LogP contribution is -2.37. The molecule has 0 fully saturated rings. The summed E-state index contributed by atoms with van der Waals surface area (Å²) in [6.07, 6.45) is 1.56. The van der Waals surface area contributed by atoms with Crippen LogP contribution in [0.4, 0.5) is 5.69 Å². The molecule has 33 heavy (non-hydrogen) atoms. The third-order valence-corrected chi connectivity index (χ3v) is 5.47. The fraction of sp³-hybridized carbons (Fsp3) is 0.308. The standard InChI is InChI=1S/C26H31N3O4/c1-18-13-20(14-19(2)25(18)32-5)16-28(3)17-24(30)29(4)23-11-7-6-10-22(23)26(31)27-15-21-9-8-12-33-21/h6-14H,15-17H2,1-5H3,(H,27,31). The first kappa shape index (κ1) is 24.1. The Labute approximate surface area is 194 Å². The normalized spacial score (nSPS) is 10.8. The van der Waals surface area contributed by atoms with E-state index in [0.717, 1.165) is 22.4 Å². The lowest BCUT2D eigenvalue weighted by molar-refractivity contribution is -0.119. The fourth-order valence-corrected chi connectivity index (χ4v) is 3.93. The Hall–Kier alpha value is -3.58. The number of rotatable bonds is 9. The third-order valence-electron chi connectivity index (χ3n) is 5.47. The molecule has 2 aromatic carbocycles. The van der Waals surface area contributed by atoms with E-state index in [1.165, 1.54) is 4.90 Å².